The molecule has 0 atom stereocenters. The molecule has 5 nitrogen and oxygen atoms in total. The number of hydrogen-bond acceptors (Lipinski definition) is 6. The van der Waals surface area contributed by atoms with E-state index in [-0.39, 0.29) is 18.1 Å². The number of Topliss-reactive ketones (excluding diaryl/α,β-unsaturated/α-hetero) is 1. The van der Waals surface area contributed by atoms with Gasteiger partial charge in [0.2, 0.25) is 5.78 Å². The molecule has 0 aliphatic rings. The molecule has 0 unspecified atom stereocenters. The Hall–Kier alpha value is -2.73. The number of thiazole rings is 1. The Morgan fingerprint density at radius 3 is 2.72 bits per heavy atom. The fraction of sp³-hybridized carbons (Fsp3) is 0.211. The average Bonchev–Trinajstić information content (AvgIpc) is 3.24. The predicted octanol–water partition coefficient (Wildman–Crippen LogP) is 4.37. The first-order chi connectivity index (χ1) is 12.0. The molecule has 1 aromatic carbocycles. The first-order valence-electron chi connectivity index (χ1n) is 7.74. The molecule has 0 amide bonds. The molecule has 2 aromatic heterocycles. The molecule has 0 aliphatic heterocycles. The molecule has 0 radical (unpaired) electrons. The number of aromatic nitrogens is 1. The van der Waals surface area contributed by atoms with Crippen molar-refractivity contribution < 1.29 is 18.7 Å². The number of nitrogens with zero attached hydrogens (tertiary/aromatic N) is 1. The minimum Gasteiger partial charge on any atom is -0.462 e. The van der Waals surface area contributed by atoms with Crippen molar-refractivity contribution >= 4 is 23.1 Å². The molecule has 3 aromatic rings. The van der Waals surface area contributed by atoms with Crippen LogP contribution in [0.25, 0.3) is 10.8 Å². The maximum absolute atomic E-state index is 12.3. The number of benzene rings is 1. The van der Waals surface area contributed by atoms with Crippen LogP contribution in [0, 0.1) is 20.8 Å². The standard InChI is InChI=1S/C19H17NO4S/c1-11-6-7-12(2)14(9-11)15(21)10-24-19(22)17-13(3)25-18(20-17)16-5-4-8-23-16/h4-9H,10H2,1-3H3. The molecule has 0 spiro atoms. The molecule has 0 saturated heterocycles. The van der Waals surface area contributed by atoms with Gasteiger partial charge in [0.25, 0.3) is 0 Å². The van der Waals surface area contributed by atoms with Crippen LogP contribution in [0.2, 0.25) is 0 Å². The number of rotatable bonds is 5. The summed E-state index contributed by atoms with van der Waals surface area (Å²) in [5.74, 6) is -0.238. The van der Waals surface area contributed by atoms with E-state index in [0.717, 1.165) is 16.0 Å². The number of carbonyl (C=O) groups excluding carboxylic acids is 2. The van der Waals surface area contributed by atoms with Crippen LogP contribution in [0.1, 0.15) is 36.9 Å². The van der Waals surface area contributed by atoms with Crippen LogP contribution >= 0.6 is 11.3 Å². The van der Waals surface area contributed by atoms with E-state index < -0.39 is 5.97 Å². The van der Waals surface area contributed by atoms with Crippen LogP contribution in [0.4, 0.5) is 0 Å². The smallest absolute Gasteiger partial charge is 0.358 e. The molecule has 0 bridgehead atoms. The van der Waals surface area contributed by atoms with Gasteiger partial charge < -0.3 is 9.15 Å². The summed E-state index contributed by atoms with van der Waals surface area (Å²) in [4.78, 5) is 29.6. The maximum Gasteiger partial charge on any atom is 0.358 e. The predicted molar refractivity (Wildman–Crippen MR) is 95.1 cm³/mol. The van der Waals surface area contributed by atoms with Crippen molar-refractivity contribution in [2.45, 2.75) is 20.8 Å². The number of ether oxygens (including phenoxy) is 1. The first-order valence-corrected chi connectivity index (χ1v) is 8.56. The summed E-state index contributed by atoms with van der Waals surface area (Å²) in [5, 5.41) is 0.607. The molecule has 128 valence electrons. The van der Waals surface area contributed by atoms with Crippen molar-refractivity contribution in [2.24, 2.45) is 0 Å². The molecule has 6 heteroatoms. The minimum atomic E-state index is -0.606. The quantitative estimate of drug-likeness (QED) is 0.502. The Labute approximate surface area is 149 Å². The van der Waals surface area contributed by atoms with E-state index in [4.69, 9.17) is 9.15 Å². The lowest BCUT2D eigenvalue weighted by Crippen LogP contribution is -2.16. The molecular formula is C19H17NO4S. The molecule has 3 rings (SSSR count). The Morgan fingerprint density at radius 2 is 2.00 bits per heavy atom. The van der Waals surface area contributed by atoms with Gasteiger partial charge in [-0.2, -0.15) is 0 Å². The minimum absolute atomic E-state index is 0.213. The van der Waals surface area contributed by atoms with Gasteiger partial charge in [-0.15, -0.1) is 11.3 Å². The number of ketones is 1. The summed E-state index contributed by atoms with van der Waals surface area (Å²) in [5.41, 5.74) is 2.62. The molecule has 0 saturated carbocycles. The highest BCUT2D eigenvalue weighted by Crippen LogP contribution is 2.28. The lowest BCUT2D eigenvalue weighted by molar-refractivity contribution is 0.0469. The fourth-order valence-electron chi connectivity index (χ4n) is 2.40. The topological polar surface area (TPSA) is 69.4 Å². The van der Waals surface area contributed by atoms with Crippen LogP contribution in [-0.4, -0.2) is 23.3 Å². The van der Waals surface area contributed by atoms with Gasteiger partial charge in [-0.3, -0.25) is 4.79 Å². The third-order valence-corrected chi connectivity index (χ3v) is 4.74. The number of furan rings is 1. The highest BCUT2D eigenvalue weighted by molar-refractivity contribution is 7.15. The first kappa shape index (κ1) is 17.1. The van der Waals surface area contributed by atoms with Crippen molar-refractivity contribution in [3.05, 3.63) is 63.9 Å². The Kier molecular flexibility index (Phi) is 4.81. The average molecular weight is 355 g/mol. The Morgan fingerprint density at radius 1 is 1.20 bits per heavy atom. The van der Waals surface area contributed by atoms with Crippen LogP contribution < -0.4 is 0 Å². The van der Waals surface area contributed by atoms with Gasteiger partial charge >= 0.3 is 5.97 Å². The van der Waals surface area contributed by atoms with Gasteiger partial charge in [0.15, 0.2) is 23.1 Å². The van der Waals surface area contributed by atoms with E-state index >= 15 is 0 Å². The van der Waals surface area contributed by atoms with Gasteiger partial charge in [0, 0.05) is 10.4 Å². The van der Waals surface area contributed by atoms with Crippen molar-refractivity contribution in [3.8, 4) is 10.8 Å². The van der Waals surface area contributed by atoms with Crippen molar-refractivity contribution in [2.75, 3.05) is 6.61 Å². The van der Waals surface area contributed by atoms with Crippen LogP contribution in [0.15, 0.2) is 41.0 Å². The number of carbonyl (C=O) groups is 2. The third-order valence-electron chi connectivity index (χ3n) is 3.75. The van der Waals surface area contributed by atoms with E-state index in [1.807, 2.05) is 26.0 Å². The Balaban J connectivity index is 1.71. The van der Waals surface area contributed by atoms with E-state index in [0.29, 0.717) is 16.3 Å². The van der Waals surface area contributed by atoms with Crippen LogP contribution in [-0.2, 0) is 4.74 Å². The zero-order valence-corrected chi connectivity index (χ0v) is 15.0. The summed E-state index contributed by atoms with van der Waals surface area (Å²) in [6.45, 7) is 5.25. The highest BCUT2D eigenvalue weighted by Gasteiger charge is 2.20. The lowest BCUT2D eigenvalue weighted by atomic mass is 10.0. The summed E-state index contributed by atoms with van der Waals surface area (Å²) in [6.07, 6.45) is 1.55. The van der Waals surface area contributed by atoms with Crippen molar-refractivity contribution in [3.63, 3.8) is 0 Å². The van der Waals surface area contributed by atoms with E-state index in [1.165, 1.54) is 11.3 Å². The summed E-state index contributed by atoms with van der Waals surface area (Å²) in [6, 6.07) is 9.15. The zero-order chi connectivity index (χ0) is 18.0. The fourth-order valence-corrected chi connectivity index (χ4v) is 3.27. The second kappa shape index (κ2) is 7.03. The molecule has 2 heterocycles. The summed E-state index contributed by atoms with van der Waals surface area (Å²) >= 11 is 1.34. The molecule has 0 aliphatic carbocycles. The van der Waals surface area contributed by atoms with Gasteiger partial charge in [0.05, 0.1) is 6.26 Å². The molecule has 25 heavy (non-hydrogen) atoms. The van der Waals surface area contributed by atoms with E-state index in [9.17, 15) is 9.59 Å². The maximum atomic E-state index is 12.3. The SMILES string of the molecule is Cc1ccc(C)c(C(=O)COC(=O)c2nc(-c3ccco3)sc2C)c1. The summed E-state index contributed by atoms with van der Waals surface area (Å²) < 4.78 is 10.5. The van der Waals surface area contributed by atoms with Gasteiger partial charge in [-0.25, -0.2) is 9.78 Å². The third kappa shape index (κ3) is 3.69. The number of hydrogen-bond donors (Lipinski definition) is 0. The molecule has 0 N–H and O–H groups in total. The van der Waals surface area contributed by atoms with Gasteiger partial charge in [0.1, 0.15) is 0 Å². The van der Waals surface area contributed by atoms with Crippen molar-refractivity contribution in [1.82, 2.24) is 4.98 Å². The van der Waals surface area contributed by atoms with Crippen LogP contribution in [0.3, 0.4) is 0 Å². The van der Waals surface area contributed by atoms with Crippen molar-refractivity contribution in [1.29, 1.82) is 0 Å². The second-order valence-corrected chi connectivity index (χ2v) is 6.92. The lowest BCUT2D eigenvalue weighted by Gasteiger charge is -2.07. The Bertz CT molecular complexity index is 925. The molecule has 0 fully saturated rings. The van der Waals surface area contributed by atoms with Gasteiger partial charge in [-0.1, -0.05) is 17.7 Å². The van der Waals surface area contributed by atoms with Crippen LogP contribution in [0.5, 0.6) is 0 Å². The zero-order valence-electron chi connectivity index (χ0n) is 14.2. The largest absolute Gasteiger partial charge is 0.462 e. The van der Waals surface area contributed by atoms with E-state index in [1.54, 1.807) is 31.4 Å². The summed E-state index contributed by atoms with van der Waals surface area (Å²) in [7, 11) is 0. The number of esters is 1. The monoisotopic (exact) mass is 355 g/mol. The van der Waals surface area contributed by atoms with Gasteiger partial charge in [-0.05, 0) is 44.5 Å². The second-order valence-electron chi connectivity index (χ2n) is 5.72. The highest BCUT2D eigenvalue weighted by atomic mass is 32.1. The normalized spacial score (nSPS) is 10.7. The number of aryl methyl sites for hydroxylation is 3. The van der Waals surface area contributed by atoms with E-state index in [2.05, 4.69) is 4.98 Å². The molecular weight excluding hydrogens is 338 g/mol.